The zero-order valence-corrected chi connectivity index (χ0v) is 14.9. The third kappa shape index (κ3) is 2.73. The van der Waals surface area contributed by atoms with Gasteiger partial charge in [-0.2, -0.15) is 0 Å². The van der Waals surface area contributed by atoms with E-state index in [-0.39, 0.29) is 17.6 Å². The lowest BCUT2D eigenvalue weighted by molar-refractivity contribution is 0.0946. The minimum Gasteiger partial charge on any atom is -0.436 e. The standard InChI is InChI=1S/C21H17N5O2/c22-19-21(28-12-5-2-1-3-6-12)26-18-13(7-4-8-16(18)25-19)17-11-14-15(24-17)9-10-23-20(14)27/h1-8,11,24H,9-10H2,(H2,22,25)(H,23,27). The van der Waals surface area contributed by atoms with Crippen molar-refractivity contribution < 1.29 is 9.53 Å². The molecule has 0 saturated carbocycles. The summed E-state index contributed by atoms with van der Waals surface area (Å²) >= 11 is 0. The Morgan fingerprint density at radius 2 is 1.86 bits per heavy atom. The van der Waals surface area contributed by atoms with E-state index in [2.05, 4.69) is 20.3 Å². The van der Waals surface area contributed by atoms with Crippen LogP contribution in [-0.4, -0.2) is 27.4 Å². The summed E-state index contributed by atoms with van der Waals surface area (Å²) in [6.45, 7) is 0.632. The molecule has 0 spiro atoms. The molecule has 0 bridgehead atoms. The molecule has 0 aliphatic carbocycles. The molecule has 28 heavy (non-hydrogen) atoms. The highest BCUT2D eigenvalue weighted by molar-refractivity contribution is 5.99. The molecule has 0 atom stereocenters. The molecule has 3 heterocycles. The Hall–Kier alpha value is -3.87. The van der Waals surface area contributed by atoms with E-state index in [4.69, 9.17) is 10.5 Å². The van der Waals surface area contributed by atoms with Crippen LogP contribution in [0.1, 0.15) is 16.1 Å². The lowest BCUT2D eigenvalue weighted by Crippen LogP contribution is -2.31. The van der Waals surface area contributed by atoms with E-state index in [0.717, 1.165) is 23.4 Å². The van der Waals surface area contributed by atoms with Gasteiger partial charge in [0.2, 0.25) is 0 Å². The van der Waals surface area contributed by atoms with Crippen LogP contribution in [0.3, 0.4) is 0 Å². The van der Waals surface area contributed by atoms with Crippen LogP contribution in [-0.2, 0) is 6.42 Å². The van der Waals surface area contributed by atoms with Crippen LogP contribution >= 0.6 is 0 Å². The Bertz CT molecular complexity index is 1200. The predicted octanol–water partition coefficient (Wildman–Crippen LogP) is 3.29. The zero-order valence-electron chi connectivity index (χ0n) is 14.9. The maximum absolute atomic E-state index is 12.1. The normalized spacial score (nSPS) is 13.2. The molecule has 2 aromatic carbocycles. The summed E-state index contributed by atoms with van der Waals surface area (Å²) in [5, 5.41) is 2.86. The summed E-state index contributed by atoms with van der Waals surface area (Å²) in [5.41, 5.74) is 10.6. The molecule has 0 unspecified atom stereocenters. The number of aromatic nitrogens is 3. The zero-order chi connectivity index (χ0) is 19.1. The molecule has 4 aromatic rings. The van der Waals surface area contributed by atoms with Gasteiger partial charge in [-0.3, -0.25) is 4.79 Å². The summed E-state index contributed by atoms with van der Waals surface area (Å²) in [6.07, 6.45) is 0.771. The van der Waals surface area contributed by atoms with Crippen molar-refractivity contribution in [1.82, 2.24) is 20.3 Å². The largest absolute Gasteiger partial charge is 0.436 e. The average Bonchev–Trinajstić information content (AvgIpc) is 3.14. The third-order valence-corrected chi connectivity index (χ3v) is 4.74. The molecule has 1 aliphatic rings. The van der Waals surface area contributed by atoms with Gasteiger partial charge >= 0.3 is 0 Å². The van der Waals surface area contributed by atoms with Gasteiger partial charge in [0.1, 0.15) is 11.3 Å². The summed E-state index contributed by atoms with van der Waals surface area (Å²) in [6, 6.07) is 16.9. The number of fused-ring (bicyclic) bond motifs is 2. The van der Waals surface area contributed by atoms with E-state index >= 15 is 0 Å². The number of hydrogen-bond donors (Lipinski definition) is 3. The summed E-state index contributed by atoms with van der Waals surface area (Å²) in [4.78, 5) is 24.5. The van der Waals surface area contributed by atoms with Gasteiger partial charge in [-0.15, -0.1) is 0 Å². The van der Waals surface area contributed by atoms with Crippen molar-refractivity contribution in [1.29, 1.82) is 0 Å². The van der Waals surface area contributed by atoms with Gasteiger partial charge in [0.05, 0.1) is 11.1 Å². The lowest BCUT2D eigenvalue weighted by Gasteiger charge is -2.11. The van der Waals surface area contributed by atoms with Gasteiger partial charge in [0.15, 0.2) is 5.82 Å². The van der Waals surface area contributed by atoms with Gasteiger partial charge < -0.3 is 20.8 Å². The molecule has 1 aliphatic heterocycles. The predicted molar refractivity (Wildman–Crippen MR) is 106 cm³/mol. The molecule has 2 aromatic heterocycles. The van der Waals surface area contributed by atoms with Crippen LogP contribution < -0.4 is 15.8 Å². The van der Waals surface area contributed by atoms with Crippen LogP contribution in [0.4, 0.5) is 5.82 Å². The number of benzene rings is 2. The molecule has 5 rings (SSSR count). The Balaban J connectivity index is 1.64. The quantitative estimate of drug-likeness (QED) is 0.512. The van der Waals surface area contributed by atoms with Crippen LogP contribution in [0.5, 0.6) is 11.6 Å². The highest BCUT2D eigenvalue weighted by Crippen LogP contribution is 2.32. The second kappa shape index (κ2) is 6.38. The maximum atomic E-state index is 12.1. The number of H-pyrrole nitrogens is 1. The number of amides is 1. The number of carbonyl (C=O) groups is 1. The number of aromatic amines is 1. The number of nitrogens with zero attached hydrogens (tertiary/aromatic N) is 2. The van der Waals surface area contributed by atoms with Crippen molar-refractivity contribution in [3.8, 4) is 22.9 Å². The first-order valence-electron chi connectivity index (χ1n) is 8.98. The van der Waals surface area contributed by atoms with E-state index in [9.17, 15) is 4.79 Å². The Morgan fingerprint density at radius 1 is 1.00 bits per heavy atom. The number of anilines is 1. The van der Waals surface area contributed by atoms with Gasteiger partial charge in [-0.25, -0.2) is 9.97 Å². The molecule has 138 valence electrons. The first-order chi connectivity index (χ1) is 13.7. The average molecular weight is 371 g/mol. The molecular formula is C21H17N5O2. The van der Waals surface area contributed by atoms with E-state index < -0.39 is 0 Å². The summed E-state index contributed by atoms with van der Waals surface area (Å²) in [7, 11) is 0. The highest BCUT2D eigenvalue weighted by Gasteiger charge is 2.21. The Kier molecular flexibility index (Phi) is 3.72. The molecular weight excluding hydrogens is 354 g/mol. The minimum absolute atomic E-state index is 0.0626. The van der Waals surface area contributed by atoms with Crippen LogP contribution in [0, 0.1) is 0 Å². The van der Waals surface area contributed by atoms with Crippen molar-refractivity contribution in [2.24, 2.45) is 0 Å². The smallest absolute Gasteiger partial charge is 0.263 e. The lowest BCUT2D eigenvalue weighted by atomic mass is 10.1. The second-order valence-electron chi connectivity index (χ2n) is 6.58. The fourth-order valence-corrected chi connectivity index (χ4v) is 3.41. The number of nitrogens with two attached hydrogens (primary N) is 1. The first kappa shape index (κ1) is 16.3. The van der Waals surface area contributed by atoms with Crippen molar-refractivity contribution >= 4 is 22.8 Å². The number of para-hydroxylation sites is 2. The van der Waals surface area contributed by atoms with Crippen molar-refractivity contribution in [2.75, 3.05) is 12.3 Å². The second-order valence-corrected chi connectivity index (χ2v) is 6.58. The fraction of sp³-hybridized carbons (Fsp3) is 0.0952. The maximum Gasteiger partial charge on any atom is 0.263 e. The monoisotopic (exact) mass is 371 g/mol. The Labute approximate surface area is 160 Å². The van der Waals surface area contributed by atoms with E-state index in [1.165, 1.54) is 0 Å². The number of nitrogens with one attached hydrogen (secondary N) is 2. The molecule has 0 fully saturated rings. The fourth-order valence-electron chi connectivity index (χ4n) is 3.41. The molecule has 7 heteroatoms. The Morgan fingerprint density at radius 3 is 2.68 bits per heavy atom. The molecule has 7 nitrogen and oxygen atoms in total. The number of hydrogen-bond acceptors (Lipinski definition) is 5. The van der Waals surface area contributed by atoms with Crippen LogP contribution in [0.25, 0.3) is 22.3 Å². The van der Waals surface area contributed by atoms with Crippen molar-refractivity contribution in [3.05, 3.63) is 65.9 Å². The van der Waals surface area contributed by atoms with Crippen molar-refractivity contribution in [2.45, 2.75) is 6.42 Å². The van der Waals surface area contributed by atoms with E-state index in [0.29, 0.717) is 28.9 Å². The van der Waals surface area contributed by atoms with Crippen molar-refractivity contribution in [3.63, 3.8) is 0 Å². The number of nitrogen functional groups attached to an aromatic ring is 1. The molecule has 0 saturated heterocycles. The third-order valence-electron chi connectivity index (χ3n) is 4.74. The number of carbonyl (C=O) groups excluding carboxylic acids is 1. The van der Waals surface area contributed by atoms with Gasteiger partial charge in [0, 0.05) is 29.9 Å². The van der Waals surface area contributed by atoms with Gasteiger partial charge in [-0.05, 0) is 24.3 Å². The molecule has 4 N–H and O–H groups in total. The molecule has 0 radical (unpaired) electrons. The van der Waals surface area contributed by atoms with Gasteiger partial charge in [0.25, 0.3) is 11.8 Å². The van der Waals surface area contributed by atoms with Crippen LogP contribution in [0.2, 0.25) is 0 Å². The van der Waals surface area contributed by atoms with Crippen LogP contribution in [0.15, 0.2) is 54.6 Å². The van der Waals surface area contributed by atoms with E-state index in [1.807, 2.05) is 54.6 Å². The summed E-state index contributed by atoms with van der Waals surface area (Å²) in [5.74, 6) is 1.04. The SMILES string of the molecule is Nc1nc2cccc(-c3cc4c([nH]3)CCNC4=O)c2nc1Oc1ccccc1. The summed E-state index contributed by atoms with van der Waals surface area (Å²) < 4.78 is 5.83. The number of ether oxygens (including phenoxy) is 1. The topological polar surface area (TPSA) is 106 Å². The van der Waals surface area contributed by atoms with Gasteiger partial charge in [-0.1, -0.05) is 30.3 Å². The molecule has 1 amide bonds. The highest BCUT2D eigenvalue weighted by atomic mass is 16.5. The first-order valence-corrected chi connectivity index (χ1v) is 8.98. The number of rotatable bonds is 3. The minimum atomic E-state index is -0.0626. The van der Waals surface area contributed by atoms with E-state index in [1.54, 1.807) is 0 Å².